The van der Waals surface area contributed by atoms with E-state index in [0.29, 0.717) is 23.6 Å². The van der Waals surface area contributed by atoms with E-state index in [1.165, 1.54) is 7.11 Å². The summed E-state index contributed by atoms with van der Waals surface area (Å²) in [5.41, 5.74) is -1.88. The summed E-state index contributed by atoms with van der Waals surface area (Å²) in [7, 11) is 1.52. The van der Waals surface area contributed by atoms with Crippen molar-refractivity contribution in [1.82, 2.24) is 4.98 Å². The molecule has 148 valence electrons. The fourth-order valence-corrected chi connectivity index (χ4v) is 3.12. The van der Waals surface area contributed by atoms with Crippen LogP contribution in [0.15, 0.2) is 47.8 Å². The van der Waals surface area contributed by atoms with Gasteiger partial charge in [0.05, 0.1) is 23.9 Å². The number of nitrogens with zero attached hydrogens (tertiary/aromatic N) is 1. The maximum atomic E-state index is 12.9. The second kappa shape index (κ2) is 7.34. The maximum Gasteiger partial charge on any atom is 0.416 e. The highest BCUT2D eigenvalue weighted by Crippen LogP contribution is 2.38. The third kappa shape index (κ3) is 4.56. The molecular weight excluding hydrogens is 406 g/mol. The smallest absolute Gasteiger partial charge is 0.416 e. The zero-order valence-corrected chi connectivity index (χ0v) is 15.0. The Hall–Kier alpha value is -2.75. The summed E-state index contributed by atoms with van der Waals surface area (Å²) in [6.07, 6.45) is -9.82. The molecule has 3 rings (SSSR count). The average Bonchev–Trinajstić information content (AvgIpc) is 3.08. The predicted octanol–water partition coefficient (Wildman–Crippen LogP) is 6.60. The number of ether oxygens (including phenoxy) is 1. The van der Waals surface area contributed by atoms with Gasteiger partial charge in [-0.05, 0) is 42.5 Å². The van der Waals surface area contributed by atoms with E-state index in [2.05, 4.69) is 10.3 Å². The first-order valence-electron chi connectivity index (χ1n) is 7.73. The minimum Gasteiger partial charge on any atom is -0.497 e. The minimum atomic E-state index is -4.91. The third-order valence-electron chi connectivity index (χ3n) is 3.73. The Kier molecular flexibility index (Phi) is 5.24. The molecular formula is C18H12F6N2OS. The van der Waals surface area contributed by atoms with Crippen molar-refractivity contribution in [1.29, 1.82) is 0 Å². The molecule has 0 unspecified atom stereocenters. The lowest BCUT2D eigenvalue weighted by Gasteiger charge is -2.14. The average molecular weight is 418 g/mol. The molecule has 0 aliphatic heterocycles. The number of halogens is 6. The third-order valence-corrected chi connectivity index (χ3v) is 4.49. The van der Waals surface area contributed by atoms with Gasteiger partial charge in [0.1, 0.15) is 5.75 Å². The second-order valence-corrected chi connectivity index (χ2v) is 6.54. The van der Waals surface area contributed by atoms with E-state index in [1.54, 1.807) is 29.6 Å². The first-order valence-corrected chi connectivity index (χ1v) is 8.61. The molecule has 10 heteroatoms. The van der Waals surface area contributed by atoms with Gasteiger partial charge in [0.2, 0.25) is 0 Å². The zero-order chi connectivity index (χ0) is 20.5. The molecule has 1 heterocycles. The molecule has 0 aliphatic rings. The van der Waals surface area contributed by atoms with Crippen LogP contribution in [0.4, 0.5) is 37.2 Å². The van der Waals surface area contributed by atoms with Crippen molar-refractivity contribution in [3.63, 3.8) is 0 Å². The molecule has 0 amide bonds. The van der Waals surface area contributed by atoms with E-state index in [1.807, 2.05) is 0 Å². The van der Waals surface area contributed by atoms with Gasteiger partial charge in [0, 0.05) is 16.6 Å². The van der Waals surface area contributed by atoms with E-state index in [-0.39, 0.29) is 16.9 Å². The van der Waals surface area contributed by atoms with Gasteiger partial charge >= 0.3 is 12.4 Å². The van der Waals surface area contributed by atoms with E-state index < -0.39 is 23.5 Å². The Morgan fingerprint density at radius 3 is 1.96 bits per heavy atom. The van der Waals surface area contributed by atoms with Crippen molar-refractivity contribution in [2.45, 2.75) is 12.4 Å². The van der Waals surface area contributed by atoms with Gasteiger partial charge in [-0.3, -0.25) is 0 Å². The fraction of sp³-hybridized carbons (Fsp3) is 0.167. The Labute approximate surface area is 159 Å². The number of hydrogen-bond donors (Lipinski definition) is 1. The van der Waals surface area contributed by atoms with Crippen LogP contribution in [-0.2, 0) is 12.4 Å². The summed E-state index contributed by atoms with van der Waals surface area (Å²) in [5.74, 6) is 0.640. The van der Waals surface area contributed by atoms with Crippen LogP contribution < -0.4 is 10.1 Å². The number of rotatable bonds is 4. The van der Waals surface area contributed by atoms with E-state index >= 15 is 0 Å². The first kappa shape index (κ1) is 20.0. The lowest BCUT2D eigenvalue weighted by molar-refractivity contribution is -0.143. The van der Waals surface area contributed by atoms with Gasteiger partial charge in [-0.15, -0.1) is 11.3 Å². The Bertz CT molecular complexity index is 931. The van der Waals surface area contributed by atoms with Gasteiger partial charge in [-0.1, -0.05) is 0 Å². The quantitative estimate of drug-likeness (QED) is 0.485. The van der Waals surface area contributed by atoms with E-state index in [4.69, 9.17) is 4.74 Å². The van der Waals surface area contributed by atoms with Crippen LogP contribution in [0.3, 0.4) is 0 Å². The summed E-state index contributed by atoms with van der Waals surface area (Å²) in [6.45, 7) is 0. The lowest BCUT2D eigenvalue weighted by atomic mass is 10.1. The normalized spacial score (nSPS) is 12.1. The molecule has 0 bridgehead atoms. The number of nitrogens with one attached hydrogen (secondary N) is 1. The summed E-state index contributed by atoms with van der Waals surface area (Å²) in [6, 6.07) is 8.21. The van der Waals surface area contributed by atoms with Crippen LogP contribution in [0.25, 0.3) is 11.3 Å². The number of aromatic nitrogens is 1. The van der Waals surface area contributed by atoms with Crippen LogP contribution >= 0.6 is 11.3 Å². The molecule has 0 saturated carbocycles. The SMILES string of the molecule is COc1ccc(-c2csc(Nc3cc(C(F)(F)F)cc(C(F)(F)F)c3)n2)cc1. The highest BCUT2D eigenvalue weighted by Gasteiger charge is 2.37. The summed E-state index contributed by atoms with van der Waals surface area (Å²) < 4.78 is 82.7. The van der Waals surface area contributed by atoms with Crippen LogP contribution in [0.5, 0.6) is 5.75 Å². The number of hydrogen-bond acceptors (Lipinski definition) is 4. The van der Waals surface area contributed by atoms with E-state index in [0.717, 1.165) is 16.9 Å². The van der Waals surface area contributed by atoms with Gasteiger partial charge in [-0.2, -0.15) is 26.3 Å². The molecule has 0 spiro atoms. The molecule has 3 nitrogen and oxygen atoms in total. The van der Waals surface area contributed by atoms with Crippen molar-refractivity contribution in [2.24, 2.45) is 0 Å². The van der Waals surface area contributed by atoms with Gasteiger partial charge in [0.25, 0.3) is 0 Å². The summed E-state index contributed by atoms with van der Waals surface area (Å²) >= 11 is 1.06. The van der Waals surface area contributed by atoms with Crippen molar-refractivity contribution in [3.8, 4) is 17.0 Å². The summed E-state index contributed by atoms with van der Waals surface area (Å²) in [4.78, 5) is 4.22. The molecule has 2 aromatic carbocycles. The molecule has 0 saturated heterocycles. The van der Waals surface area contributed by atoms with Crippen molar-refractivity contribution in [2.75, 3.05) is 12.4 Å². The minimum absolute atomic E-state index is 0.0792. The molecule has 0 aliphatic carbocycles. The van der Waals surface area contributed by atoms with Crippen LogP contribution in [-0.4, -0.2) is 12.1 Å². The van der Waals surface area contributed by atoms with Gasteiger partial charge in [0.15, 0.2) is 5.13 Å². The molecule has 0 atom stereocenters. The second-order valence-electron chi connectivity index (χ2n) is 5.69. The topological polar surface area (TPSA) is 34.1 Å². The molecule has 28 heavy (non-hydrogen) atoms. The van der Waals surface area contributed by atoms with Crippen LogP contribution in [0.2, 0.25) is 0 Å². The van der Waals surface area contributed by atoms with Gasteiger partial charge in [-0.25, -0.2) is 4.98 Å². The largest absolute Gasteiger partial charge is 0.497 e. The van der Waals surface area contributed by atoms with Crippen LogP contribution in [0, 0.1) is 0 Å². The molecule has 0 fully saturated rings. The fourth-order valence-electron chi connectivity index (χ4n) is 2.38. The van der Waals surface area contributed by atoms with E-state index in [9.17, 15) is 26.3 Å². The van der Waals surface area contributed by atoms with Crippen molar-refractivity contribution < 1.29 is 31.1 Å². The molecule has 3 aromatic rings. The van der Waals surface area contributed by atoms with Crippen molar-refractivity contribution >= 4 is 22.2 Å². The van der Waals surface area contributed by atoms with Gasteiger partial charge < -0.3 is 10.1 Å². The standard InChI is InChI=1S/C18H12F6N2OS/c1-27-14-4-2-10(3-5-14)15-9-28-16(26-15)25-13-7-11(17(19,20)21)6-12(8-13)18(22,23)24/h2-9H,1H3,(H,25,26). The number of thiazole rings is 1. The monoisotopic (exact) mass is 418 g/mol. The van der Waals surface area contributed by atoms with Crippen molar-refractivity contribution in [3.05, 3.63) is 59.0 Å². The Morgan fingerprint density at radius 1 is 0.893 bits per heavy atom. The highest BCUT2D eigenvalue weighted by molar-refractivity contribution is 7.14. The lowest BCUT2D eigenvalue weighted by Crippen LogP contribution is -2.11. The highest BCUT2D eigenvalue weighted by atomic mass is 32.1. The molecule has 0 radical (unpaired) electrons. The Balaban J connectivity index is 1.90. The predicted molar refractivity (Wildman–Crippen MR) is 93.8 cm³/mol. The number of methoxy groups -OCH3 is 1. The number of alkyl halides is 6. The molecule has 1 aromatic heterocycles. The number of anilines is 2. The van der Waals surface area contributed by atoms with Crippen LogP contribution in [0.1, 0.15) is 11.1 Å². The zero-order valence-electron chi connectivity index (χ0n) is 14.2. The number of benzene rings is 2. The Morgan fingerprint density at radius 2 is 1.46 bits per heavy atom. The summed E-state index contributed by atoms with van der Waals surface area (Å²) in [5, 5.41) is 4.33. The first-order chi connectivity index (χ1) is 13.1. The molecule has 1 N–H and O–H groups in total. The maximum absolute atomic E-state index is 12.9.